The van der Waals surface area contributed by atoms with Gasteiger partial charge in [-0.3, -0.25) is 9.59 Å². The Hall–Kier alpha value is -1.72. The lowest BCUT2D eigenvalue weighted by atomic mass is 10.3. The molecule has 4 nitrogen and oxygen atoms in total. The molecule has 0 radical (unpaired) electrons. The van der Waals surface area contributed by atoms with Crippen LogP contribution in [0.25, 0.3) is 0 Å². The molecule has 0 saturated heterocycles. The number of benzene rings is 2. The second-order valence-corrected chi connectivity index (χ2v) is 6.50. The van der Waals surface area contributed by atoms with Crippen molar-refractivity contribution >= 4 is 69.6 Å². The molecule has 2 aromatic carbocycles. The SMILES string of the molecule is O=C1C(Cl)=C(Nc2ccc(Cl)c(Cl)c2)C(=O)N1c1cccc(Cl)c1. The predicted octanol–water partition coefficient (Wildman–Crippen LogP) is 5.08. The largest absolute Gasteiger partial charge is 0.350 e. The number of carbonyl (C=O) groups excluding carboxylic acids is 2. The summed E-state index contributed by atoms with van der Waals surface area (Å²) in [5, 5.41) is 3.67. The molecule has 0 atom stereocenters. The van der Waals surface area contributed by atoms with Crippen molar-refractivity contribution < 1.29 is 9.59 Å². The lowest BCUT2D eigenvalue weighted by Gasteiger charge is -2.15. The Kier molecular flexibility index (Phi) is 4.74. The quantitative estimate of drug-likeness (QED) is 0.729. The maximum Gasteiger partial charge on any atom is 0.283 e. The molecule has 0 spiro atoms. The van der Waals surface area contributed by atoms with Crippen LogP contribution in [0.15, 0.2) is 53.2 Å². The summed E-state index contributed by atoms with van der Waals surface area (Å²) in [6, 6.07) is 11.1. The zero-order valence-electron chi connectivity index (χ0n) is 11.8. The van der Waals surface area contributed by atoms with Gasteiger partial charge in [0.05, 0.1) is 15.7 Å². The molecule has 0 aromatic heterocycles. The van der Waals surface area contributed by atoms with Gasteiger partial charge in [0.15, 0.2) is 0 Å². The molecule has 24 heavy (non-hydrogen) atoms. The molecular formula is C16H8Cl4N2O2. The fraction of sp³-hybridized carbons (Fsp3) is 0. The molecule has 1 N–H and O–H groups in total. The van der Waals surface area contributed by atoms with Gasteiger partial charge >= 0.3 is 0 Å². The number of nitrogens with one attached hydrogen (secondary N) is 1. The van der Waals surface area contributed by atoms with E-state index in [0.29, 0.717) is 26.4 Å². The van der Waals surface area contributed by atoms with Crippen molar-refractivity contribution in [2.24, 2.45) is 0 Å². The Morgan fingerprint density at radius 2 is 1.58 bits per heavy atom. The highest BCUT2D eigenvalue weighted by molar-refractivity contribution is 6.53. The zero-order valence-corrected chi connectivity index (χ0v) is 14.8. The van der Waals surface area contributed by atoms with Gasteiger partial charge in [0, 0.05) is 10.7 Å². The molecule has 8 heteroatoms. The molecule has 122 valence electrons. The maximum atomic E-state index is 12.6. The molecule has 0 unspecified atom stereocenters. The van der Waals surface area contributed by atoms with Gasteiger partial charge < -0.3 is 5.32 Å². The molecule has 1 heterocycles. The van der Waals surface area contributed by atoms with Gasteiger partial charge in [-0.15, -0.1) is 0 Å². The molecule has 3 rings (SSSR count). The predicted molar refractivity (Wildman–Crippen MR) is 96.9 cm³/mol. The number of hydrogen-bond donors (Lipinski definition) is 1. The summed E-state index contributed by atoms with van der Waals surface area (Å²) in [5.74, 6) is -1.22. The minimum Gasteiger partial charge on any atom is -0.350 e. The van der Waals surface area contributed by atoms with Crippen molar-refractivity contribution in [1.82, 2.24) is 0 Å². The van der Waals surface area contributed by atoms with Gasteiger partial charge in [0.1, 0.15) is 10.7 Å². The number of nitrogens with zero attached hydrogens (tertiary/aromatic N) is 1. The van der Waals surface area contributed by atoms with Crippen molar-refractivity contribution in [3.05, 3.63) is 68.3 Å². The average molecular weight is 402 g/mol. The van der Waals surface area contributed by atoms with E-state index in [0.717, 1.165) is 4.90 Å². The van der Waals surface area contributed by atoms with Gasteiger partial charge in [-0.05, 0) is 36.4 Å². The van der Waals surface area contributed by atoms with Gasteiger partial charge in [-0.25, -0.2) is 4.90 Å². The first-order chi connectivity index (χ1) is 11.4. The first-order valence-electron chi connectivity index (χ1n) is 6.64. The number of amides is 2. The number of carbonyl (C=O) groups is 2. The molecule has 0 fully saturated rings. The van der Waals surface area contributed by atoms with Crippen LogP contribution in [0.4, 0.5) is 11.4 Å². The van der Waals surface area contributed by atoms with E-state index in [2.05, 4.69) is 5.32 Å². The molecule has 0 bridgehead atoms. The highest BCUT2D eigenvalue weighted by Crippen LogP contribution is 2.32. The summed E-state index contributed by atoms with van der Waals surface area (Å²) >= 11 is 23.8. The third-order valence-corrected chi connectivity index (χ3v) is 4.61. The van der Waals surface area contributed by atoms with Crippen LogP contribution in [0.5, 0.6) is 0 Å². The topological polar surface area (TPSA) is 49.4 Å². The lowest BCUT2D eigenvalue weighted by molar-refractivity contribution is -0.120. The van der Waals surface area contributed by atoms with E-state index in [1.165, 1.54) is 12.1 Å². The number of imide groups is 1. The Balaban J connectivity index is 1.93. The molecule has 2 amide bonds. The van der Waals surface area contributed by atoms with Crippen molar-refractivity contribution in [3.8, 4) is 0 Å². The van der Waals surface area contributed by atoms with Crippen LogP contribution >= 0.6 is 46.4 Å². The minimum absolute atomic E-state index is 0.0416. The normalized spacial score (nSPS) is 14.6. The second-order valence-electron chi connectivity index (χ2n) is 4.87. The molecule has 0 aliphatic carbocycles. The summed E-state index contributed by atoms with van der Waals surface area (Å²) in [7, 11) is 0. The standard InChI is InChI=1S/C16H8Cl4N2O2/c17-8-2-1-3-10(6-8)22-15(23)13(20)14(16(22)24)21-9-4-5-11(18)12(19)7-9/h1-7,21H. The van der Waals surface area contributed by atoms with E-state index in [1.807, 2.05) is 0 Å². The first kappa shape index (κ1) is 17.1. The summed E-state index contributed by atoms with van der Waals surface area (Å²) < 4.78 is 0. The number of halogens is 4. The fourth-order valence-corrected chi connectivity index (χ4v) is 2.87. The lowest BCUT2D eigenvalue weighted by Crippen LogP contribution is -2.32. The summed E-state index contributed by atoms with van der Waals surface area (Å²) in [6.45, 7) is 0. The van der Waals surface area contributed by atoms with Crippen LogP contribution in [-0.2, 0) is 9.59 Å². The van der Waals surface area contributed by atoms with Crippen LogP contribution in [0, 0.1) is 0 Å². The molecular weight excluding hydrogens is 394 g/mol. The Morgan fingerprint density at radius 3 is 2.25 bits per heavy atom. The van der Waals surface area contributed by atoms with E-state index < -0.39 is 11.8 Å². The van der Waals surface area contributed by atoms with Crippen molar-refractivity contribution in [2.45, 2.75) is 0 Å². The van der Waals surface area contributed by atoms with Gasteiger partial charge in [0.25, 0.3) is 11.8 Å². The van der Waals surface area contributed by atoms with Crippen LogP contribution in [-0.4, -0.2) is 11.8 Å². The molecule has 1 aliphatic rings. The monoisotopic (exact) mass is 400 g/mol. The van der Waals surface area contributed by atoms with Crippen LogP contribution in [0.3, 0.4) is 0 Å². The van der Waals surface area contributed by atoms with E-state index in [4.69, 9.17) is 46.4 Å². The van der Waals surface area contributed by atoms with Gasteiger partial charge in [0.2, 0.25) is 0 Å². The van der Waals surface area contributed by atoms with Crippen LogP contribution in [0.1, 0.15) is 0 Å². The summed E-state index contributed by atoms with van der Waals surface area (Å²) in [6.07, 6.45) is 0. The first-order valence-corrected chi connectivity index (χ1v) is 8.16. The highest BCUT2D eigenvalue weighted by atomic mass is 35.5. The van der Waals surface area contributed by atoms with Crippen LogP contribution in [0.2, 0.25) is 15.1 Å². The molecule has 0 saturated carbocycles. The number of rotatable bonds is 3. The highest BCUT2D eigenvalue weighted by Gasteiger charge is 2.39. The van der Waals surface area contributed by atoms with Gasteiger partial charge in [-0.2, -0.15) is 0 Å². The number of anilines is 2. The van der Waals surface area contributed by atoms with E-state index in [1.54, 1.807) is 30.3 Å². The summed E-state index contributed by atoms with van der Waals surface area (Å²) in [5.41, 5.74) is 0.772. The average Bonchev–Trinajstić information content (AvgIpc) is 2.74. The smallest absolute Gasteiger partial charge is 0.283 e. The van der Waals surface area contributed by atoms with Crippen LogP contribution < -0.4 is 10.2 Å². The Bertz CT molecular complexity index is 895. The minimum atomic E-state index is -0.633. The van der Waals surface area contributed by atoms with E-state index in [9.17, 15) is 9.59 Å². The van der Waals surface area contributed by atoms with Crippen molar-refractivity contribution in [1.29, 1.82) is 0 Å². The van der Waals surface area contributed by atoms with Crippen molar-refractivity contribution in [2.75, 3.05) is 10.2 Å². The second kappa shape index (κ2) is 6.65. The van der Waals surface area contributed by atoms with E-state index >= 15 is 0 Å². The zero-order chi connectivity index (χ0) is 17.4. The fourth-order valence-electron chi connectivity index (χ4n) is 2.18. The van der Waals surface area contributed by atoms with Gasteiger partial charge in [-0.1, -0.05) is 52.5 Å². The third-order valence-electron chi connectivity index (χ3n) is 3.28. The molecule has 1 aliphatic heterocycles. The third kappa shape index (κ3) is 3.10. The number of hydrogen-bond acceptors (Lipinski definition) is 3. The molecule has 2 aromatic rings. The Morgan fingerprint density at radius 1 is 0.833 bits per heavy atom. The maximum absolute atomic E-state index is 12.6. The Labute approximate surface area is 157 Å². The van der Waals surface area contributed by atoms with Crippen molar-refractivity contribution in [3.63, 3.8) is 0 Å². The summed E-state index contributed by atoms with van der Waals surface area (Å²) in [4.78, 5) is 25.9. The van der Waals surface area contributed by atoms with E-state index in [-0.39, 0.29) is 10.7 Å².